The Hall–Kier alpha value is -4.00. The third-order valence-electron chi connectivity index (χ3n) is 7.00. The van der Waals surface area contributed by atoms with Crippen LogP contribution in [0.1, 0.15) is 66.5 Å². The smallest absolute Gasteiger partial charge is 0.410 e. The van der Waals surface area contributed by atoms with Crippen LogP contribution in [0.25, 0.3) is 0 Å². The molecule has 2 heterocycles. The number of ketones is 1. The maximum absolute atomic E-state index is 14.4. The van der Waals surface area contributed by atoms with E-state index in [-0.39, 0.29) is 5.78 Å². The minimum Gasteiger partial charge on any atom is -0.444 e. The molecule has 1 aromatic heterocycles. The average Bonchev–Trinajstić information content (AvgIpc) is 3.67. The predicted octanol–water partition coefficient (Wildman–Crippen LogP) is 5.17. The first-order chi connectivity index (χ1) is 19.6. The Morgan fingerprint density at radius 1 is 1.02 bits per heavy atom. The Kier molecular flexibility index (Phi) is 9.58. The third kappa shape index (κ3) is 7.40. The molecule has 0 spiro atoms. The number of hydrogen-bond acceptors (Lipinski definition) is 7. The van der Waals surface area contributed by atoms with Crippen molar-refractivity contribution in [2.75, 3.05) is 13.6 Å². The van der Waals surface area contributed by atoms with Crippen LogP contribution < -0.4 is 10.6 Å². The highest BCUT2D eigenvalue weighted by Crippen LogP contribution is 2.33. The van der Waals surface area contributed by atoms with Crippen LogP contribution in [0, 0.1) is 11.3 Å². The summed E-state index contributed by atoms with van der Waals surface area (Å²) in [6, 6.07) is 22.1. The molecule has 0 bridgehead atoms. The molecule has 2 amide bonds. The maximum atomic E-state index is 14.4. The number of Topliss-reactive ketones (excluding diaryl/α,β-unsaturated/α-hetero) is 1. The van der Waals surface area contributed by atoms with Crippen LogP contribution in [0.5, 0.6) is 0 Å². The van der Waals surface area contributed by atoms with Gasteiger partial charge >= 0.3 is 6.09 Å². The maximum Gasteiger partial charge on any atom is 0.410 e. The highest BCUT2D eigenvalue weighted by molar-refractivity contribution is 7.12. The Balaban J connectivity index is 1.79. The Morgan fingerprint density at radius 2 is 1.63 bits per heavy atom. The zero-order chi connectivity index (χ0) is 29.6. The molecule has 2 N–H and O–H groups in total. The van der Waals surface area contributed by atoms with Crippen LogP contribution in [-0.2, 0) is 14.3 Å². The summed E-state index contributed by atoms with van der Waals surface area (Å²) in [7, 11) is 1.55. The lowest BCUT2D eigenvalue weighted by atomic mass is 9.83. The molecule has 41 heavy (non-hydrogen) atoms. The molecule has 1 unspecified atom stereocenters. The number of nitrogens with one attached hydrogen (secondary N) is 2. The molecular weight excluding hydrogens is 536 g/mol. The van der Waals surface area contributed by atoms with Crippen molar-refractivity contribution in [2.24, 2.45) is 0 Å². The van der Waals surface area contributed by atoms with Crippen LogP contribution in [0.15, 0.2) is 72.8 Å². The van der Waals surface area contributed by atoms with E-state index < -0.39 is 41.6 Å². The van der Waals surface area contributed by atoms with Gasteiger partial charge in [0.1, 0.15) is 28.6 Å². The van der Waals surface area contributed by atoms with Crippen molar-refractivity contribution in [3.8, 4) is 6.07 Å². The first-order valence-electron chi connectivity index (χ1n) is 13.7. The molecule has 3 atom stereocenters. The Bertz CT molecular complexity index is 1350. The van der Waals surface area contributed by atoms with Gasteiger partial charge in [-0.05, 0) is 63.4 Å². The van der Waals surface area contributed by atoms with Crippen molar-refractivity contribution in [2.45, 2.75) is 63.3 Å². The van der Waals surface area contributed by atoms with E-state index in [9.17, 15) is 19.6 Å². The molecule has 1 fully saturated rings. The fourth-order valence-electron chi connectivity index (χ4n) is 5.08. The van der Waals surface area contributed by atoms with Crippen molar-refractivity contribution < 1.29 is 19.1 Å². The molecular formula is C32H36N4O4S. The minimum absolute atomic E-state index is 0.170. The van der Waals surface area contributed by atoms with Gasteiger partial charge in [-0.2, -0.15) is 5.26 Å². The van der Waals surface area contributed by atoms with Crippen molar-refractivity contribution in [1.82, 2.24) is 15.5 Å². The van der Waals surface area contributed by atoms with Gasteiger partial charge in [-0.3, -0.25) is 14.5 Å². The van der Waals surface area contributed by atoms with E-state index in [1.54, 1.807) is 40.0 Å². The number of carbonyl (C=O) groups is 3. The fourth-order valence-corrected chi connectivity index (χ4v) is 5.95. The van der Waals surface area contributed by atoms with Crippen molar-refractivity contribution >= 4 is 29.1 Å². The average molecular weight is 573 g/mol. The number of ether oxygens (including phenoxy) is 1. The molecule has 0 saturated carbocycles. The zero-order valence-corrected chi connectivity index (χ0v) is 24.6. The predicted molar refractivity (Wildman–Crippen MR) is 158 cm³/mol. The molecule has 214 valence electrons. The summed E-state index contributed by atoms with van der Waals surface area (Å²) in [6.07, 6.45) is 0.872. The van der Waals surface area contributed by atoms with E-state index >= 15 is 0 Å². The summed E-state index contributed by atoms with van der Waals surface area (Å²) < 4.78 is 5.68. The monoisotopic (exact) mass is 572 g/mol. The summed E-state index contributed by atoms with van der Waals surface area (Å²) in [6.45, 7) is 6.03. The second kappa shape index (κ2) is 13.1. The van der Waals surface area contributed by atoms with E-state index in [1.165, 1.54) is 16.2 Å². The highest BCUT2D eigenvalue weighted by Gasteiger charge is 2.41. The second-order valence-corrected chi connectivity index (χ2v) is 12.3. The van der Waals surface area contributed by atoms with Crippen LogP contribution in [0.2, 0.25) is 0 Å². The molecule has 2 aromatic carbocycles. The van der Waals surface area contributed by atoms with Crippen LogP contribution >= 0.6 is 11.3 Å². The van der Waals surface area contributed by atoms with Gasteiger partial charge in [-0.1, -0.05) is 60.7 Å². The van der Waals surface area contributed by atoms with E-state index in [0.29, 0.717) is 16.2 Å². The van der Waals surface area contributed by atoms with Gasteiger partial charge < -0.3 is 15.4 Å². The first kappa shape index (κ1) is 30.0. The van der Waals surface area contributed by atoms with Gasteiger partial charge in [0, 0.05) is 17.8 Å². The molecule has 0 radical (unpaired) electrons. The van der Waals surface area contributed by atoms with Gasteiger partial charge in [-0.25, -0.2) is 4.79 Å². The van der Waals surface area contributed by atoms with Crippen molar-refractivity contribution in [3.05, 3.63) is 93.7 Å². The number of amides is 2. The number of nitriles is 1. The topological polar surface area (TPSA) is 112 Å². The normalized spacial score (nSPS) is 16.4. The molecule has 0 aliphatic carbocycles. The van der Waals surface area contributed by atoms with E-state index in [2.05, 4.69) is 16.7 Å². The molecule has 8 nitrogen and oxygen atoms in total. The quantitative estimate of drug-likeness (QED) is 0.366. The standard InChI is InChI=1S/C32H36N4O4S/c1-32(2,3)40-31(39)36(4)28(26(21-12-7-5-8-13-21)22-14-9-6-10-15-22)30(38)35-27(25-18-17-23(20-33)41-25)29(37)24-16-11-19-34-24/h5-10,12-15,17-18,24,26-28,34H,11,16,19H2,1-4H3,(H,35,38)/t24-,27?,28+/m0/s1. The van der Waals surface area contributed by atoms with Gasteiger partial charge in [0.05, 0.1) is 6.04 Å². The fraction of sp³-hybridized carbons (Fsp3) is 0.375. The van der Waals surface area contributed by atoms with Gasteiger partial charge in [0.2, 0.25) is 5.91 Å². The second-order valence-electron chi connectivity index (χ2n) is 11.1. The number of benzene rings is 2. The van der Waals surface area contributed by atoms with Crippen LogP contribution in [0.3, 0.4) is 0 Å². The minimum atomic E-state index is -1.06. The lowest BCUT2D eigenvalue weighted by Crippen LogP contribution is -2.54. The molecule has 4 rings (SSSR count). The number of thiophene rings is 1. The van der Waals surface area contributed by atoms with E-state index in [0.717, 1.165) is 24.1 Å². The van der Waals surface area contributed by atoms with Gasteiger partial charge in [-0.15, -0.1) is 11.3 Å². The number of likely N-dealkylation sites (N-methyl/N-ethyl adjacent to an activating group) is 1. The number of hydrogen-bond donors (Lipinski definition) is 2. The van der Waals surface area contributed by atoms with E-state index in [1.807, 2.05) is 60.7 Å². The molecule has 9 heteroatoms. The van der Waals surface area contributed by atoms with E-state index in [4.69, 9.17) is 4.74 Å². The number of carbonyl (C=O) groups excluding carboxylic acids is 3. The summed E-state index contributed by atoms with van der Waals surface area (Å²) in [4.78, 5) is 43.9. The van der Waals surface area contributed by atoms with Crippen molar-refractivity contribution in [1.29, 1.82) is 5.26 Å². The number of nitrogens with zero attached hydrogens (tertiary/aromatic N) is 2. The SMILES string of the molecule is CN(C(=O)OC(C)(C)C)[C@@H](C(=O)NC(C(=O)[C@@H]1CCCN1)c1ccc(C#N)s1)C(c1ccccc1)c1ccccc1. The highest BCUT2D eigenvalue weighted by atomic mass is 32.1. The summed E-state index contributed by atoms with van der Waals surface area (Å²) >= 11 is 1.18. The lowest BCUT2D eigenvalue weighted by Gasteiger charge is -2.36. The Labute approximate surface area is 245 Å². The Morgan fingerprint density at radius 3 is 2.12 bits per heavy atom. The van der Waals surface area contributed by atoms with Crippen LogP contribution in [-0.4, -0.2) is 54.0 Å². The van der Waals surface area contributed by atoms with Gasteiger partial charge in [0.25, 0.3) is 0 Å². The van der Waals surface area contributed by atoms with Crippen LogP contribution in [0.4, 0.5) is 4.79 Å². The molecule has 1 saturated heterocycles. The third-order valence-corrected chi connectivity index (χ3v) is 8.05. The number of rotatable bonds is 9. The van der Waals surface area contributed by atoms with Crippen molar-refractivity contribution in [3.63, 3.8) is 0 Å². The molecule has 3 aromatic rings. The zero-order valence-electron chi connectivity index (χ0n) is 23.8. The van der Waals surface area contributed by atoms with Gasteiger partial charge in [0.15, 0.2) is 5.78 Å². The largest absolute Gasteiger partial charge is 0.444 e. The lowest BCUT2D eigenvalue weighted by molar-refractivity contribution is -0.131. The molecule has 1 aliphatic rings. The summed E-state index contributed by atoms with van der Waals surface area (Å²) in [5.74, 6) is -1.23. The molecule has 1 aliphatic heterocycles. The summed E-state index contributed by atoms with van der Waals surface area (Å²) in [5.41, 5.74) is 0.883. The first-order valence-corrected chi connectivity index (χ1v) is 14.5. The summed E-state index contributed by atoms with van der Waals surface area (Å²) in [5, 5.41) is 15.6.